The number of carboxylic acid groups (broad SMARTS) is 1. The SMILES string of the molecule is CC(C)CCC(=O)N(CC(=O)O)C[C@@H](C)Cc1ccccc1. The molecule has 0 aliphatic heterocycles. The van der Waals surface area contributed by atoms with Crippen LogP contribution in [0.2, 0.25) is 0 Å². The predicted octanol–water partition coefficient (Wildman–Crippen LogP) is 3.21. The molecule has 1 N–H and O–H groups in total. The molecule has 22 heavy (non-hydrogen) atoms. The highest BCUT2D eigenvalue weighted by molar-refractivity contribution is 5.81. The number of amides is 1. The third-order valence-electron chi connectivity index (χ3n) is 3.57. The third-order valence-corrected chi connectivity index (χ3v) is 3.57. The van der Waals surface area contributed by atoms with Crippen molar-refractivity contribution in [2.45, 2.75) is 40.0 Å². The summed E-state index contributed by atoms with van der Waals surface area (Å²) in [5.41, 5.74) is 1.21. The van der Waals surface area contributed by atoms with Crippen LogP contribution in [0.25, 0.3) is 0 Å². The van der Waals surface area contributed by atoms with Gasteiger partial charge in [0, 0.05) is 13.0 Å². The maximum absolute atomic E-state index is 12.2. The minimum absolute atomic E-state index is 0.0592. The summed E-state index contributed by atoms with van der Waals surface area (Å²) in [5.74, 6) is -0.344. The Hall–Kier alpha value is -1.84. The molecule has 0 fully saturated rings. The molecular formula is C18H27NO3. The molecule has 0 radical (unpaired) electrons. The minimum atomic E-state index is -0.954. The Kier molecular flexibility index (Phi) is 7.64. The monoisotopic (exact) mass is 305 g/mol. The topological polar surface area (TPSA) is 57.6 Å². The molecule has 1 rings (SSSR count). The third kappa shape index (κ3) is 7.25. The first-order chi connectivity index (χ1) is 10.4. The normalized spacial score (nSPS) is 12.2. The van der Waals surface area contributed by atoms with E-state index in [0.29, 0.717) is 18.9 Å². The maximum Gasteiger partial charge on any atom is 0.323 e. The van der Waals surface area contributed by atoms with Crippen LogP contribution in [0.3, 0.4) is 0 Å². The van der Waals surface area contributed by atoms with E-state index in [1.807, 2.05) is 18.2 Å². The van der Waals surface area contributed by atoms with Crippen molar-refractivity contribution in [3.8, 4) is 0 Å². The van der Waals surface area contributed by atoms with Crippen LogP contribution in [0.1, 0.15) is 39.2 Å². The van der Waals surface area contributed by atoms with Gasteiger partial charge in [-0.2, -0.15) is 0 Å². The van der Waals surface area contributed by atoms with Crippen LogP contribution in [0.5, 0.6) is 0 Å². The van der Waals surface area contributed by atoms with Crippen LogP contribution in [0, 0.1) is 11.8 Å². The zero-order valence-electron chi connectivity index (χ0n) is 13.8. The van der Waals surface area contributed by atoms with Gasteiger partial charge < -0.3 is 10.0 Å². The van der Waals surface area contributed by atoms with Gasteiger partial charge in [0.25, 0.3) is 0 Å². The second-order valence-corrected chi connectivity index (χ2v) is 6.40. The minimum Gasteiger partial charge on any atom is -0.480 e. The van der Waals surface area contributed by atoms with Crippen molar-refractivity contribution in [1.82, 2.24) is 4.90 Å². The first-order valence-corrected chi connectivity index (χ1v) is 7.92. The lowest BCUT2D eigenvalue weighted by molar-refractivity contribution is -0.145. The van der Waals surface area contributed by atoms with Crippen LogP contribution in [-0.4, -0.2) is 35.0 Å². The van der Waals surface area contributed by atoms with Gasteiger partial charge in [0.2, 0.25) is 5.91 Å². The molecule has 122 valence electrons. The molecule has 1 aromatic carbocycles. The molecule has 0 unspecified atom stereocenters. The van der Waals surface area contributed by atoms with Gasteiger partial charge in [-0.1, -0.05) is 51.1 Å². The summed E-state index contributed by atoms with van der Waals surface area (Å²) in [4.78, 5) is 24.7. The van der Waals surface area contributed by atoms with E-state index in [2.05, 4.69) is 32.9 Å². The van der Waals surface area contributed by atoms with E-state index in [1.165, 1.54) is 10.5 Å². The molecule has 0 bridgehead atoms. The van der Waals surface area contributed by atoms with E-state index >= 15 is 0 Å². The van der Waals surface area contributed by atoms with Crippen molar-refractivity contribution >= 4 is 11.9 Å². The largest absolute Gasteiger partial charge is 0.480 e. The average molecular weight is 305 g/mol. The fourth-order valence-electron chi connectivity index (χ4n) is 2.45. The molecule has 0 aliphatic carbocycles. The zero-order chi connectivity index (χ0) is 16.5. The number of aliphatic carboxylic acids is 1. The van der Waals surface area contributed by atoms with Gasteiger partial charge in [-0.05, 0) is 30.2 Å². The Morgan fingerprint density at radius 3 is 2.32 bits per heavy atom. The lowest BCUT2D eigenvalue weighted by Crippen LogP contribution is -2.39. The van der Waals surface area contributed by atoms with Crippen molar-refractivity contribution in [3.05, 3.63) is 35.9 Å². The number of carboxylic acids is 1. The molecule has 0 spiro atoms. The van der Waals surface area contributed by atoms with Crippen molar-refractivity contribution in [1.29, 1.82) is 0 Å². The lowest BCUT2D eigenvalue weighted by atomic mass is 10.00. The first-order valence-electron chi connectivity index (χ1n) is 7.92. The highest BCUT2D eigenvalue weighted by atomic mass is 16.4. The fourth-order valence-corrected chi connectivity index (χ4v) is 2.45. The van der Waals surface area contributed by atoms with E-state index in [0.717, 1.165) is 12.8 Å². The summed E-state index contributed by atoms with van der Waals surface area (Å²) in [5, 5.41) is 9.02. The van der Waals surface area contributed by atoms with Gasteiger partial charge in [-0.15, -0.1) is 0 Å². The smallest absolute Gasteiger partial charge is 0.323 e. The summed E-state index contributed by atoms with van der Waals surface area (Å²) in [6.07, 6.45) is 2.06. The molecule has 1 amide bonds. The van der Waals surface area contributed by atoms with Gasteiger partial charge in [-0.3, -0.25) is 9.59 Å². The molecule has 0 saturated carbocycles. The van der Waals surface area contributed by atoms with Crippen LogP contribution < -0.4 is 0 Å². The Morgan fingerprint density at radius 1 is 1.14 bits per heavy atom. The summed E-state index contributed by atoms with van der Waals surface area (Å²) in [6.45, 7) is 6.45. The van der Waals surface area contributed by atoms with Crippen LogP contribution in [0.15, 0.2) is 30.3 Å². The first kappa shape index (κ1) is 18.2. The lowest BCUT2D eigenvalue weighted by Gasteiger charge is -2.25. The molecular weight excluding hydrogens is 278 g/mol. The summed E-state index contributed by atoms with van der Waals surface area (Å²) in [7, 11) is 0. The molecule has 0 aromatic heterocycles. The Bertz CT molecular complexity index is 470. The van der Waals surface area contributed by atoms with Gasteiger partial charge in [0.05, 0.1) is 0 Å². The number of carbonyl (C=O) groups excluding carboxylic acids is 1. The van der Waals surface area contributed by atoms with Crippen molar-refractivity contribution in [2.75, 3.05) is 13.1 Å². The summed E-state index contributed by atoms with van der Waals surface area (Å²) in [6, 6.07) is 10.1. The van der Waals surface area contributed by atoms with E-state index in [-0.39, 0.29) is 18.4 Å². The van der Waals surface area contributed by atoms with E-state index in [4.69, 9.17) is 5.11 Å². The van der Waals surface area contributed by atoms with Crippen molar-refractivity contribution in [2.24, 2.45) is 11.8 Å². The number of rotatable bonds is 9. The Labute approximate surface area is 133 Å². The number of hydrogen-bond acceptors (Lipinski definition) is 2. The van der Waals surface area contributed by atoms with E-state index in [9.17, 15) is 9.59 Å². The molecule has 1 atom stereocenters. The number of hydrogen-bond donors (Lipinski definition) is 1. The number of nitrogens with zero attached hydrogens (tertiary/aromatic N) is 1. The van der Waals surface area contributed by atoms with E-state index < -0.39 is 5.97 Å². The average Bonchev–Trinajstić information content (AvgIpc) is 2.44. The van der Waals surface area contributed by atoms with Gasteiger partial charge in [-0.25, -0.2) is 0 Å². The predicted molar refractivity (Wildman–Crippen MR) is 87.6 cm³/mol. The summed E-state index contributed by atoms with van der Waals surface area (Å²) >= 11 is 0. The van der Waals surface area contributed by atoms with Gasteiger partial charge >= 0.3 is 5.97 Å². The van der Waals surface area contributed by atoms with Crippen LogP contribution >= 0.6 is 0 Å². The van der Waals surface area contributed by atoms with Crippen molar-refractivity contribution < 1.29 is 14.7 Å². The molecule has 4 nitrogen and oxygen atoms in total. The molecule has 1 aromatic rings. The molecule has 0 heterocycles. The van der Waals surface area contributed by atoms with Crippen molar-refractivity contribution in [3.63, 3.8) is 0 Å². The second kappa shape index (κ2) is 9.23. The standard InChI is InChI=1S/C18H27NO3/c1-14(2)9-10-17(20)19(13-18(21)22)12-15(3)11-16-7-5-4-6-8-16/h4-8,14-15H,9-13H2,1-3H3,(H,21,22)/t15-/m0/s1. The molecule has 0 saturated heterocycles. The highest BCUT2D eigenvalue weighted by Gasteiger charge is 2.19. The van der Waals surface area contributed by atoms with E-state index in [1.54, 1.807) is 0 Å². The Morgan fingerprint density at radius 2 is 1.77 bits per heavy atom. The quantitative estimate of drug-likeness (QED) is 0.762. The van der Waals surface area contributed by atoms with Gasteiger partial charge in [0.15, 0.2) is 0 Å². The Balaban J connectivity index is 2.59. The second-order valence-electron chi connectivity index (χ2n) is 6.40. The maximum atomic E-state index is 12.2. The highest BCUT2D eigenvalue weighted by Crippen LogP contribution is 2.12. The number of carbonyl (C=O) groups is 2. The van der Waals surface area contributed by atoms with Crippen LogP contribution in [-0.2, 0) is 16.0 Å². The number of benzene rings is 1. The molecule has 4 heteroatoms. The van der Waals surface area contributed by atoms with Gasteiger partial charge in [0.1, 0.15) is 6.54 Å². The van der Waals surface area contributed by atoms with Crippen LogP contribution in [0.4, 0.5) is 0 Å². The summed E-state index contributed by atoms with van der Waals surface area (Å²) < 4.78 is 0. The zero-order valence-corrected chi connectivity index (χ0v) is 13.8. The fraction of sp³-hybridized carbons (Fsp3) is 0.556. The molecule has 0 aliphatic rings.